The van der Waals surface area contributed by atoms with Gasteiger partial charge in [-0.3, -0.25) is 14.8 Å². The number of rotatable bonds is 4. The Labute approximate surface area is 146 Å². The molecule has 3 unspecified atom stereocenters. The smallest absolute Gasteiger partial charge is 0.254 e. The first-order valence-corrected chi connectivity index (χ1v) is 8.66. The zero-order valence-electron chi connectivity index (χ0n) is 14.0. The van der Waals surface area contributed by atoms with Crippen LogP contribution in [0.4, 0.5) is 0 Å². The largest absolute Gasteiger partial charge is 0.374 e. The summed E-state index contributed by atoms with van der Waals surface area (Å²) in [4.78, 5) is 23.0. The molecule has 3 atom stereocenters. The molecular weight excluding hydrogens is 318 g/mol. The average Bonchev–Trinajstić information content (AvgIpc) is 2.96. The fourth-order valence-electron chi connectivity index (χ4n) is 3.70. The number of nitrogens with zero attached hydrogens (tertiary/aromatic N) is 3. The van der Waals surface area contributed by atoms with Crippen molar-refractivity contribution in [1.82, 2.24) is 14.9 Å². The van der Waals surface area contributed by atoms with Crippen molar-refractivity contribution in [2.24, 2.45) is 0 Å². The highest BCUT2D eigenvalue weighted by molar-refractivity contribution is 5.94. The summed E-state index contributed by atoms with van der Waals surface area (Å²) in [6.07, 6.45) is 8.62. The average molecular weight is 339 g/mol. The Kier molecular flexibility index (Phi) is 4.72. The highest BCUT2D eigenvalue weighted by atomic mass is 16.5. The molecule has 3 heterocycles. The zero-order chi connectivity index (χ0) is 17.1. The Morgan fingerprint density at radius 3 is 2.88 bits per heavy atom. The summed E-state index contributed by atoms with van der Waals surface area (Å²) in [7, 11) is 0. The molecule has 0 radical (unpaired) electrons. The number of amides is 1. The lowest BCUT2D eigenvalue weighted by Gasteiger charge is -2.31. The molecular formula is C19H21N3O3. The van der Waals surface area contributed by atoms with Crippen molar-refractivity contribution in [3.8, 4) is 0 Å². The van der Waals surface area contributed by atoms with Gasteiger partial charge in [-0.15, -0.1) is 0 Å². The monoisotopic (exact) mass is 339 g/mol. The van der Waals surface area contributed by atoms with Crippen LogP contribution in [-0.4, -0.2) is 52.2 Å². The Hall–Kier alpha value is -2.31. The van der Waals surface area contributed by atoms with Gasteiger partial charge >= 0.3 is 0 Å². The molecule has 1 aliphatic carbocycles. The van der Waals surface area contributed by atoms with Gasteiger partial charge in [0.2, 0.25) is 0 Å². The molecule has 1 saturated carbocycles. The molecule has 25 heavy (non-hydrogen) atoms. The van der Waals surface area contributed by atoms with E-state index in [1.807, 2.05) is 17.0 Å². The quantitative estimate of drug-likeness (QED) is 0.853. The maximum absolute atomic E-state index is 12.9. The van der Waals surface area contributed by atoms with Crippen LogP contribution in [0.25, 0.3) is 0 Å². The van der Waals surface area contributed by atoms with Crippen molar-refractivity contribution in [1.29, 1.82) is 0 Å². The molecule has 2 aromatic rings. The lowest BCUT2D eigenvalue weighted by Crippen LogP contribution is -2.46. The molecule has 2 aliphatic rings. The molecule has 1 amide bonds. The molecule has 4 rings (SSSR count). The second kappa shape index (κ2) is 7.29. The number of hydrogen-bond donors (Lipinski definition) is 0. The van der Waals surface area contributed by atoms with E-state index >= 15 is 0 Å². The summed E-state index contributed by atoms with van der Waals surface area (Å²) in [5.74, 6) is 0.0218. The van der Waals surface area contributed by atoms with Gasteiger partial charge in [-0.05, 0) is 36.6 Å². The summed E-state index contributed by atoms with van der Waals surface area (Å²) < 4.78 is 12.1. The van der Waals surface area contributed by atoms with Gasteiger partial charge in [0.05, 0.1) is 25.4 Å². The molecule has 6 heteroatoms. The van der Waals surface area contributed by atoms with Crippen molar-refractivity contribution in [2.45, 2.75) is 37.7 Å². The van der Waals surface area contributed by atoms with Crippen LogP contribution in [0.3, 0.4) is 0 Å². The van der Waals surface area contributed by atoms with Crippen LogP contribution in [0.15, 0.2) is 49.1 Å². The van der Waals surface area contributed by atoms with Crippen molar-refractivity contribution in [3.05, 3.63) is 60.2 Å². The van der Waals surface area contributed by atoms with Gasteiger partial charge in [0.1, 0.15) is 6.10 Å². The van der Waals surface area contributed by atoms with Crippen LogP contribution < -0.4 is 0 Å². The highest BCUT2D eigenvalue weighted by Gasteiger charge is 2.44. The minimum absolute atomic E-state index is 0.0218. The van der Waals surface area contributed by atoms with Crippen LogP contribution in [0.2, 0.25) is 0 Å². The fraction of sp³-hybridized carbons (Fsp3) is 0.421. The van der Waals surface area contributed by atoms with E-state index in [-0.39, 0.29) is 24.2 Å². The first kappa shape index (κ1) is 16.2. The lowest BCUT2D eigenvalue weighted by molar-refractivity contribution is -0.0598. The summed E-state index contributed by atoms with van der Waals surface area (Å²) >= 11 is 0. The number of ether oxygens (including phenoxy) is 2. The van der Waals surface area contributed by atoms with Crippen LogP contribution in [-0.2, 0) is 16.1 Å². The predicted octanol–water partition coefficient (Wildman–Crippen LogP) is 2.07. The Bertz CT molecular complexity index is 710. The van der Waals surface area contributed by atoms with Crippen LogP contribution in [0.5, 0.6) is 0 Å². The van der Waals surface area contributed by atoms with Gasteiger partial charge in [-0.2, -0.15) is 0 Å². The maximum atomic E-state index is 12.9. The SMILES string of the molecule is O=C(c1ccncc1)N1CCOC2CCC1C2OCc1cccnc1. The van der Waals surface area contributed by atoms with Crippen LogP contribution in [0, 0.1) is 0 Å². The number of hydrogen-bond acceptors (Lipinski definition) is 5. The second-order valence-corrected chi connectivity index (χ2v) is 6.43. The summed E-state index contributed by atoms with van der Waals surface area (Å²) in [6.45, 7) is 1.62. The van der Waals surface area contributed by atoms with Gasteiger partial charge in [-0.25, -0.2) is 0 Å². The zero-order valence-corrected chi connectivity index (χ0v) is 14.0. The summed E-state index contributed by atoms with van der Waals surface area (Å²) in [5, 5.41) is 0. The van der Waals surface area contributed by atoms with E-state index in [1.165, 1.54) is 0 Å². The van der Waals surface area contributed by atoms with E-state index in [0.29, 0.717) is 25.3 Å². The lowest BCUT2D eigenvalue weighted by atomic mass is 10.1. The van der Waals surface area contributed by atoms with Crippen LogP contribution in [0.1, 0.15) is 28.8 Å². The van der Waals surface area contributed by atoms with Crippen molar-refractivity contribution in [3.63, 3.8) is 0 Å². The molecule has 2 aromatic heterocycles. The minimum atomic E-state index is -0.103. The first-order valence-electron chi connectivity index (χ1n) is 8.66. The number of aromatic nitrogens is 2. The third-order valence-corrected chi connectivity index (χ3v) is 4.91. The van der Waals surface area contributed by atoms with Gasteiger partial charge in [0.25, 0.3) is 5.91 Å². The molecule has 0 N–H and O–H groups in total. The van der Waals surface area contributed by atoms with Crippen molar-refractivity contribution >= 4 is 5.91 Å². The Morgan fingerprint density at radius 1 is 1.20 bits per heavy atom. The third-order valence-electron chi connectivity index (χ3n) is 4.91. The second-order valence-electron chi connectivity index (χ2n) is 6.43. The third kappa shape index (κ3) is 3.41. The Balaban J connectivity index is 1.51. The summed E-state index contributed by atoms with van der Waals surface area (Å²) in [6, 6.07) is 7.45. The minimum Gasteiger partial charge on any atom is -0.374 e. The fourth-order valence-corrected chi connectivity index (χ4v) is 3.70. The molecule has 2 fully saturated rings. The molecule has 1 aliphatic heterocycles. The van der Waals surface area contributed by atoms with Crippen LogP contribution >= 0.6 is 0 Å². The van der Waals surface area contributed by atoms with E-state index in [4.69, 9.17) is 9.47 Å². The van der Waals surface area contributed by atoms with E-state index < -0.39 is 0 Å². The van der Waals surface area contributed by atoms with E-state index in [0.717, 1.165) is 18.4 Å². The molecule has 6 nitrogen and oxygen atoms in total. The van der Waals surface area contributed by atoms with Gasteiger partial charge in [-0.1, -0.05) is 6.07 Å². The predicted molar refractivity (Wildman–Crippen MR) is 90.8 cm³/mol. The van der Waals surface area contributed by atoms with Gasteiger partial charge in [0, 0.05) is 36.9 Å². The Morgan fingerprint density at radius 2 is 2.08 bits per heavy atom. The summed E-state index contributed by atoms with van der Waals surface area (Å²) in [5.41, 5.74) is 1.68. The highest BCUT2D eigenvalue weighted by Crippen LogP contribution is 2.33. The standard InChI is InChI=1S/C19H21N3O3/c23-19(15-5-8-20-9-6-15)22-10-11-24-17-4-3-16(22)18(17)25-13-14-2-1-7-21-12-14/h1-2,5-9,12,16-18H,3-4,10-11,13H2. The molecule has 2 bridgehead atoms. The topological polar surface area (TPSA) is 64.6 Å². The normalized spacial score (nSPS) is 25.6. The van der Waals surface area contributed by atoms with Gasteiger partial charge in [0.15, 0.2) is 0 Å². The maximum Gasteiger partial charge on any atom is 0.254 e. The first-order chi connectivity index (χ1) is 12.3. The number of fused-ring (bicyclic) bond motifs is 2. The van der Waals surface area contributed by atoms with Crippen molar-refractivity contribution < 1.29 is 14.3 Å². The van der Waals surface area contributed by atoms with E-state index in [9.17, 15) is 4.79 Å². The molecule has 1 saturated heterocycles. The molecule has 0 aromatic carbocycles. The van der Waals surface area contributed by atoms with Gasteiger partial charge < -0.3 is 14.4 Å². The van der Waals surface area contributed by atoms with E-state index in [2.05, 4.69) is 9.97 Å². The number of pyridine rings is 2. The number of carbonyl (C=O) groups excluding carboxylic acids is 1. The molecule has 0 spiro atoms. The molecule has 130 valence electrons. The van der Waals surface area contributed by atoms with Crippen molar-refractivity contribution in [2.75, 3.05) is 13.2 Å². The van der Waals surface area contributed by atoms with E-state index in [1.54, 1.807) is 36.9 Å². The number of carbonyl (C=O) groups is 1.